The first-order valence-corrected chi connectivity index (χ1v) is 6.45. The third kappa shape index (κ3) is 2.29. The molecule has 3 nitrogen and oxygen atoms in total. The molecule has 0 saturated carbocycles. The van der Waals surface area contributed by atoms with Gasteiger partial charge in [0.2, 0.25) is 0 Å². The van der Waals surface area contributed by atoms with Crippen LogP contribution in [-0.2, 0) is 6.54 Å². The monoisotopic (exact) mass is 221 g/mol. The molecule has 1 saturated heterocycles. The van der Waals surface area contributed by atoms with Crippen LogP contribution in [0.5, 0.6) is 0 Å². The summed E-state index contributed by atoms with van der Waals surface area (Å²) >= 11 is 0. The molecule has 2 heterocycles. The van der Waals surface area contributed by atoms with E-state index in [0.717, 1.165) is 19.0 Å². The number of imidazole rings is 1. The smallest absolute Gasteiger partial charge is 0.0948 e. The predicted molar refractivity (Wildman–Crippen MR) is 66.5 cm³/mol. The molecule has 1 aliphatic heterocycles. The first kappa shape index (κ1) is 11.6. The van der Waals surface area contributed by atoms with Crippen molar-refractivity contribution in [1.82, 2.24) is 14.9 Å². The van der Waals surface area contributed by atoms with Gasteiger partial charge in [0.05, 0.1) is 6.33 Å². The second-order valence-corrected chi connectivity index (χ2v) is 5.19. The summed E-state index contributed by atoms with van der Waals surface area (Å²) in [7, 11) is 0. The van der Waals surface area contributed by atoms with Crippen LogP contribution in [0.15, 0.2) is 12.5 Å². The van der Waals surface area contributed by atoms with Crippen LogP contribution in [0.1, 0.15) is 45.2 Å². The van der Waals surface area contributed by atoms with Crippen molar-refractivity contribution >= 4 is 0 Å². The molecular weight excluding hydrogens is 198 g/mol. The lowest BCUT2D eigenvalue weighted by Gasteiger charge is -2.22. The largest absolute Gasteiger partial charge is 0.335 e. The van der Waals surface area contributed by atoms with Crippen LogP contribution in [0.3, 0.4) is 0 Å². The van der Waals surface area contributed by atoms with E-state index in [1.54, 1.807) is 0 Å². The summed E-state index contributed by atoms with van der Waals surface area (Å²) < 4.78 is 2.28. The van der Waals surface area contributed by atoms with Gasteiger partial charge in [-0.2, -0.15) is 0 Å². The van der Waals surface area contributed by atoms with Crippen LogP contribution in [0, 0.1) is 5.92 Å². The molecule has 90 valence electrons. The number of nitrogens with one attached hydrogen (secondary N) is 1. The molecule has 1 aliphatic rings. The van der Waals surface area contributed by atoms with Gasteiger partial charge in [-0.15, -0.1) is 0 Å². The summed E-state index contributed by atoms with van der Waals surface area (Å²) in [5, 5.41) is 3.64. The topological polar surface area (TPSA) is 29.9 Å². The van der Waals surface area contributed by atoms with E-state index >= 15 is 0 Å². The zero-order valence-electron chi connectivity index (χ0n) is 10.6. The molecule has 0 aromatic carbocycles. The Morgan fingerprint density at radius 2 is 2.38 bits per heavy atom. The Kier molecular flexibility index (Phi) is 3.64. The van der Waals surface area contributed by atoms with Crippen LogP contribution >= 0.6 is 0 Å². The summed E-state index contributed by atoms with van der Waals surface area (Å²) in [5.74, 6) is 1.42. The summed E-state index contributed by atoms with van der Waals surface area (Å²) in [6, 6.07) is 0.641. The lowest BCUT2D eigenvalue weighted by atomic mass is 9.91. The predicted octanol–water partition coefficient (Wildman–Crippen LogP) is 2.39. The highest BCUT2D eigenvalue weighted by Gasteiger charge is 2.30. The minimum Gasteiger partial charge on any atom is -0.335 e. The van der Waals surface area contributed by atoms with Crippen LogP contribution < -0.4 is 5.32 Å². The molecule has 16 heavy (non-hydrogen) atoms. The molecule has 0 bridgehead atoms. The molecule has 0 radical (unpaired) electrons. The van der Waals surface area contributed by atoms with Gasteiger partial charge >= 0.3 is 0 Å². The van der Waals surface area contributed by atoms with Gasteiger partial charge in [-0.3, -0.25) is 0 Å². The average molecular weight is 221 g/mol. The minimum atomic E-state index is 0.641. The Hall–Kier alpha value is -0.830. The van der Waals surface area contributed by atoms with Crippen molar-refractivity contribution in [1.29, 1.82) is 0 Å². The van der Waals surface area contributed by atoms with E-state index in [0.29, 0.717) is 12.0 Å². The molecule has 0 spiro atoms. The van der Waals surface area contributed by atoms with Gasteiger partial charge < -0.3 is 9.88 Å². The fourth-order valence-corrected chi connectivity index (χ4v) is 2.78. The maximum atomic E-state index is 4.29. The zero-order chi connectivity index (χ0) is 11.5. The Labute approximate surface area is 98.3 Å². The molecule has 1 fully saturated rings. The highest BCUT2D eigenvalue weighted by atomic mass is 15.1. The molecule has 1 aromatic heterocycles. The molecule has 3 heteroatoms. The highest BCUT2D eigenvalue weighted by molar-refractivity contribution is 5.12. The van der Waals surface area contributed by atoms with Crippen molar-refractivity contribution in [3.8, 4) is 0 Å². The molecular formula is C13H23N3. The Morgan fingerprint density at radius 1 is 1.56 bits per heavy atom. The number of nitrogens with zero attached hydrogens (tertiary/aromatic N) is 2. The first-order valence-electron chi connectivity index (χ1n) is 6.45. The van der Waals surface area contributed by atoms with E-state index in [2.05, 4.69) is 41.8 Å². The van der Waals surface area contributed by atoms with Crippen molar-refractivity contribution < 1.29 is 0 Å². The molecule has 1 N–H and O–H groups in total. The molecule has 2 unspecified atom stereocenters. The summed E-state index contributed by atoms with van der Waals surface area (Å²) in [4.78, 5) is 4.29. The minimum absolute atomic E-state index is 0.641. The van der Waals surface area contributed by atoms with Gasteiger partial charge in [-0.05, 0) is 32.2 Å². The number of aryl methyl sites for hydroxylation is 1. The van der Waals surface area contributed by atoms with Crippen LogP contribution in [-0.4, -0.2) is 22.1 Å². The van der Waals surface area contributed by atoms with Crippen LogP contribution in [0.2, 0.25) is 0 Å². The normalized spacial score (nSPS) is 25.5. The van der Waals surface area contributed by atoms with Gasteiger partial charge in [-0.25, -0.2) is 4.98 Å². The SMILES string of the molecule is CCn1cncc1C1CCNC1CC(C)C. The van der Waals surface area contributed by atoms with Gasteiger partial charge in [0.1, 0.15) is 0 Å². The van der Waals surface area contributed by atoms with Crippen molar-refractivity contribution in [2.24, 2.45) is 5.92 Å². The number of hydrogen-bond acceptors (Lipinski definition) is 2. The third-order valence-electron chi connectivity index (χ3n) is 3.54. The third-order valence-corrected chi connectivity index (χ3v) is 3.54. The van der Waals surface area contributed by atoms with Crippen molar-refractivity contribution in [2.45, 2.75) is 52.1 Å². The quantitative estimate of drug-likeness (QED) is 0.846. The lowest BCUT2D eigenvalue weighted by Crippen LogP contribution is -2.28. The number of rotatable bonds is 4. The molecule has 2 atom stereocenters. The average Bonchev–Trinajstić information content (AvgIpc) is 2.83. The van der Waals surface area contributed by atoms with Crippen molar-refractivity contribution in [2.75, 3.05) is 6.54 Å². The second kappa shape index (κ2) is 5.00. The van der Waals surface area contributed by atoms with Gasteiger partial charge in [0, 0.05) is 30.4 Å². The maximum Gasteiger partial charge on any atom is 0.0948 e. The van der Waals surface area contributed by atoms with E-state index in [-0.39, 0.29) is 0 Å². The standard InChI is InChI=1S/C13H23N3/c1-4-16-9-14-8-13(16)11-5-6-15-12(11)7-10(2)3/h8-12,15H,4-7H2,1-3H3. The summed E-state index contributed by atoms with van der Waals surface area (Å²) in [5.41, 5.74) is 1.41. The Balaban J connectivity index is 2.13. The Morgan fingerprint density at radius 3 is 3.06 bits per heavy atom. The lowest BCUT2D eigenvalue weighted by molar-refractivity contribution is 0.423. The van der Waals surface area contributed by atoms with Crippen molar-refractivity contribution in [3.63, 3.8) is 0 Å². The molecule has 1 aromatic rings. The number of hydrogen-bond donors (Lipinski definition) is 1. The molecule has 0 amide bonds. The highest BCUT2D eigenvalue weighted by Crippen LogP contribution is 2.30. The van der Waals surface area contributed by atoms with Crippen molar-refractivity contribution in [3.05, 3.63) is 18.2 Å². The van der Waals surface area contributed by atoms with E-state index in [1.165, 1.54) is 18.5 Å². The van der Waals surface area contributed by atoms with E-state index in [9.17, 15) is 0 Å². The van der Waals surface area contributed by atoms with Crippen LogP contribution in [0.4, 0.5) is 0 Å². The van der Waals surface area contributed by atoms with E-state index in [4.69, 9.17) is 0 Å². The second-order valence-electron chi connectivity index (χ2n) is 5.19. The van der Waals surface area contributed by atoms with Gasteiger partial charge in [0.25, 0.3) is 0 Å². The Bertz CT molecular complexity index is 330. The summed E-state index contributed by atoms with van der Waals surface area (Å²) in [6.07, 6.45) is 6.53. The fourth-order valence-electron chi connectivity index (χ4n) is 2.78. The van der Waals surface area contributed by atoms with Gasteiger partial charge in [0.15, 0.2) is 0 Å². The molecule has 2 rings (SSSR count). The van der Waals surface area contributed by atoms with Crippen LogP contribution in [0.25, 0.3) is 0 Å². The zero-order valence-corrected chi connectivity index (χ0v) is 10.6. The summed E-state index contributed by atoms with van der Waals surface area (Å²) in [6.45, 7) is 8.96. The first-order chi connectivity index (χ1) is 7.72. The fraction of sp³-hybridized carbons (Fsp3) is 0.769. The molecule has 0 aliphatic carbocycles. The van der Waals surface area contributed by atoms with E-state index in [1.807, 2.05) is 6.33 Å². The number of aromatic nitrogens is 2. The maximum absolute atomic E-state index is 4.29. The van der Waals surface area contributed by atoms with Gasteiger partial charge in [-0.1, -0.05) is 13.8 Å². The van der Waals surface area contributed by atoms with E-state index < -0.39 is 0 Å².